The van der Waals surface area contributed by atoms with Gasteiger partial charge in [-0.25, -0.2) is 4.79 Å². The molecular weight excluding hydrogens is 312 g/mol. The lowest BCUT2D eigenvalue weighted by molar-refractivity contribution is 0.173. The third kappa shape index (κ3) is 3.24. The van der Waals surface area contributed by atoms with Gasteiger partial charge in [-0.15, -0.1) is 0 Å². The summed E-state index contributed by atoms with van der Waals surface area (Å²) < 4.78 is 11.0. The van der Waals surface area contributed by atoms with Crippen LogP contribution in [0.15, 0.2) is 56.6 Å². The van der Waals surface area contributed by atoms with Gasteiger partial charge in [-0.1, -0.05) is 31.5 Å². The van der Waals surface area contributed by atoms with Gasteiger partial charge in [0.15, 0.2) is 5.58 Å². The monoisotopic (exact) mass is 328 g/mol. The molecule has 0 bridgehead atoms. The molecule has 23 heavy (non-hydrogen) atoms. The smallest absolute Gasteiger partial charge is 0.372 e. The summed E-state index contributed by atoms with van der Waals surface area (Å²) in [4.78, 5) is 25.0. The molecule has 2 aromatic carbocycles. The number of carbonyl (C=O) groups excluding carboxylic acids is 1. The molecular formula is C18H16O4S. The average molecular weight is 328 g/mol. The minimum atomic E-state index is -0.387. The van der Waals surface area contributed by atoms with Crippen LogP contribution in [-0.2, 0) is 4.74 Å². The number of hydrogen-bond donors (Lipinski definition) is 0. The number of para-hydroxylation sites is 2. The predicted octanol–water partition coefficient (Wildman–Crippen LogP) is 4.98. The van der Waals surface area contributed by atoms with Crippen molar-refractivity contribution in [2.45, 2.75) is 24.7 Å². The zero-order valence-electron chi connectivity index (χ0n) is 12.7. The van der Waals surface area contributed by atoms with Gasteiger partial charge in [0, 0.05) is 0 Å². The van der Waals surface area contributed by atoms with Gasteiger partial charge in [0.2, 0.25) is 5.43 Å². The molecule has 1 aromatic heterocycles. The lowest BCUT2D eigenvalue weighted by Crippen LogP contribution is -2.03. The molecule has 0 aliphatic heterocycles. The van der Waals surface area contributed by atoms with E-state index >= 15 is 0 Å². The van der Waals surface area contributed by atoms with Gasteiger partial charge < -0.3 is 9.15 Å². The van der Waals surface area contributed by atoms with Gasteiger partial charge in [-0.3, -0.25) is 4.79 Å². The van der Waals surface area contributed by atoms with Gasteiger partial charge >= 0.3 is 5.30 Å². The Bertz CT molecular complexity index is 914. The first kappa shape index (κ1) is 15.6. The van der Waals surface area contributed by atoms with Crippen molar-refractivity contribution in [2.24, 2.45) is 0 Å². The van der Waals surface area contributed by atoms with Gasteiger partial charge in [0.1, 0.15) is 5.58 Å². The second kappa shape index (κ2) is 6.87. The molecule has 0 radical (unpaired) electrons. The van der Waals surface area contributed by atoms with E-state index in [0.29, 0.717) is 33.4 Å². The van der Waals surface area contributed by atoms with Crippen molar-refractivity contribution in [1.82, 2.24) is 0 Å². The molecule has 0 saturated carbocycles. The van der Waals surface area contributed by atoms with Crippen LogP contribution in [-0.4, -0.2) is 11.9 Å². The summed E-state index contributed by atoms with van der Waals surface area (Å²) in [6.07, 6.45) is 1.80. The highest BCUT2D eigenvalue weighted by molar-refractivity contribution is 8.13. The molecule has 0 unspecified atom stereocenters. The van der Waals surface area contributed by atoms with Crippen LogP contribution in [0.1, 0.15) is 19.8 Å². The maximum absolute atomic E-state index is 12.6. The number of unbranched alkanes of at least 4 members (excludes halogenated alkanes) is 1. The predicted molar refractivity (Wildman–Crippen MR) is 92.1 cm³/mol. The number of rotatable bonds is 4. The van der Waals surface area contributed by atoms with E-state index in [-0.39, 0.29) is 10.7 Å². The van der Waals surface area contributed by atoms with E-state index in [1.165, 1.54) is 0 Å². The Morgan fingerprint density at radius 2 is 1.91 bits per heavy atom. The maximum atomic E-state index is 12.6. The average Bonchev–Trinajstić information content (AvgIpc) is 2.56. The lowest BCUT2D eigenvalue weighted by Gasteiger charge is -2.06. The second-order valence-corrected chi connectivity index (χ2v) is 6.09. The molecule has 0 aliphatic carbocycles. The Labute approximate surface area is 137 Å². The first-order valence-electron chi connectivity index (χ1n) is 7.50. The topological polar surface area (TPSA) is 56.5 Å². The Hall–Kier alpha value is -2.27. The zero-order valence-corrected chi connectivity index (χ0v) is 13.5. The molecule has 0 fully saturated rings. The molecule has 0 N–H and O–H groups in total. The van der Waals surface area contributed by atoms with E-state index in [9.17, 15) is 9.59 Å². The molecule has 3 aromatic rings. The summed E-state index contributed by atoms with van der Waals surface area (Å²) in [5, 5.41) is 0.615. The van der Waals surface area contributed by atoms with Crippen LogP contribution in [0.25, 0.3) is 21.9 Å². The standard InChI is InChI=1S/C18H16O4S/c1-2-3-11-21-18(20)23-15-10-6-8-13-16(19)12-7-4-5-9-14(12)22-17(13)15/h4-10H,2-3,11H2,1H3. The molecule has 0 aliphatic rings. The van der Waals surface area contributed by atoms with Crippen molar-refractivity contribution in [2.75, 3.05) is 6.61 Å². The van der Waals surface area contributed by atoms with Crippen LogP contribution in [0.3, 0.4) is 0 Å². The van der Waals surface area contributed by atoms with Gasteiger partial charge in [0.05, 0.1) is 22.3 Å². The summed E-state index contributed by atoms with van der Waals surface area (Å²) in [5.74, 6) is 0. The van der Waals surface area contributed by atoms with Crippen molar-refractivity contribution < 1.29 is 13.9 Å². The lowest BCUT2D eigenvalue weighted by atomic mass is 10.1. The third-order valence-electron chi connectivity index (χ3n) is 3.48. The van der Waals surface area contributed by atoms with E-state index in [4.69, 9.17) is 9.15 Å². The second-order valence-electron chi connectivity index (χ2n) is 5.11. The fourth-order valence-electron chi connectivity index (χ4n) is 2.30. The fourth-order valence-corrected chi connectivity index (χ4v) is 3.01. The summed E-state index contributed by atoms with van der Waals surface area (Å²) in [6, 6.07) is 12.3. The van der Waals surface area contributed by atoms with Gasteiger partial charge in [-0.2, -0.15) is 0 Å². The third-order valence-corrected chi connectivity index (χ3v) is 4.30. The van der Waals surface area contributed by atoms with Crippen molar-refractivity contribution in [3.05, 3.63) is 52.7 Å². The summed E-state index contributed by atoms with van der Waals surface area (Å²) in [7, 11) is 0. The van der Waals surface area contributed by atoms with Crippen LogP contribution >= 0.6 is 11.8 Å². The zero-order chi connectivity index (χ0) is 16.2. The molecule has 0 atom stereocenters. The highest BCUT2D eigenvalue weighted by atomic mass is 32.2. The first-order chi connectivity index (χ1) is 11.2. The van der Waals surface area contributed by atoms with Crippen LogP contribution < -0.4 is 5.43 Å². The summed E-state index contributed by atoms with van der Waals surface area (Å²) >= 11 is 0.947. The Morgan fingerprint density at radius 1 is 1.13 bits per heavy atom. The van der Waals surface area contributed by atoms with Crippen molar-refractivity contribution in [3.8, 4) is 0 Å². The maximum Gasteiger partial charge on any atom is 0.372 e. The molecule has 0 saturated heterocycles. The van der Waals surface area contributed by atoms with E-state index in [2.05, 4.69) is 0 Å². The van der Waals surface area contributed by atoms with Crippen LogP contribution in [0.4, 0.5) is 4.79 Å². The number of benzene rings is 2. The van der Waals surface area contributed by atoms with Crippen LogP contribution in [0, 0.1) is 0 Å². The molecule has 0 spiro atoms. The first-order valence-corrected chi connectivity index (χ1v) is 8.31. The molecule has 5 heteroatoms. The Morgan fingerprint density at radius 3 is 2.74 bits per heavy atom. The number of carbonyl (C=O) groups is 1. The highest BCUT2D eigenvalue weighted by Crippen LogP contribution is 2.30. The minimum Gasteiger partial charge on any atom is -0.457 e. The number of thioether (sulfide) groups is 1. The Balaban J connectivity index is 2.01. The van der Waals surface area contributed by atoms with Crippen molar-refractivity contribution >= 4 is 39.0 Å². The highest BCUT2D eigenvalue weighted by Gasteiger charge is 2.14. The van der Waals surface area contributed by atoms with E-state index in [1.54, 1.807) is 36.4 Å². The number of ether oxygens (including phenoxy) is 1. The SMILES string of the molecule is CCCCOC(=O)Sc1cccc2c(=O)c3ccccc3oc12. The normalized spacial score (nSPS) is 11.0. The molecule has 4 nitrogen and oxygen atoms in total. The Kier molecular flexibility index (Phi) is 4.67. The summed E-state index contributed by atoms with van der Waals surface area (Å²) in [5.41, 5.74) is 0.842. The number of hydrogen-bond acceptors (Lipinski definition) is 5. The number of fused-ring (bicyclic) bond motifs is 2. The molecule has 1 heterocycles. The van der Waals surface area contributed by atoms with E-state index < -0.39 is 0 Å². The van der Waals surface area contributed by atoms with Crippen molar-refractivity contribution in [3.63, 3.8) is 0 Å². The van der Waals surface area contributed by atoms with Crippen molar-refractivity contribution in [1.29, 1.82) is 0 Å². The fraction of sp³-hybridized carbons (Fsp3) is 0.222. The molecule has 0 amide bonds. The van der Waals surface area contributed by atoms with Gasteiger partial charge in [-0.05, 0) is 42.4 Å². The van der Waals surface area contributed by atoms with E-state index in [0.717, 1.165) is 24.6 Å². The van der Waals surface area contributed by atoms with Gasteiger partial charge in [0.25, 0.3) is 0 Å². The molecule has 118 valence electrons. The largest absolute Gasteiger partial charge is 0.457 e. The van der Waals surface area contributed by atoms with Crippen LogP contribution in [0.2, 0.25) is 0 Å². The molecule has 3 rings (SSSR count). The van der Waals surface area contributed by atoms with E-state index in [1.807, 2.05) is 13.0 Å². The minimum absolute atomic E-state index is 0.0938. The van der Waals surface area contributed by atoms with Crippen LogP contribution in [0.5, 0.6) is 0 Å². The quantitative estimate of drug-likeness (QED) is 0.293. The summed E-state index contributed by atoms with van der Waals surface area (Å²) in [6.45, 7) is 2.44.